The first-order valence-electron chi connectivity index (χ1n) is 8.17. The lowest BCUT2D eigenvalue weighted by atomic mass is 9.85. The lowest BCUT2D eigenvalue weighted by molar-refractivity contribution is 0.00440. The molecule has 4 heteroatoms. The van der Waals surface area contributed by atoms with Crippen LogP contribution in [0.15, 0.2) is 24.3 Å². The maximum Gasteiger partial charge on any atom is 0.125 e. The maximum absolute atomic E-state index is 6.42. The molecule has 2 atom stereocenters. The zero-order chi connectivity index (χ0) is 14.3. The highest BCUT2D eigenvalue weighted by molar-refractivity contribution is 5.39. The number of hydrogen-bond donors (Lipinski definition) is 1. The van der Waals surface area contributed by atoms with Crippen molar-refractivity contribution >= 4 is 0 Å². The average molecular weight is 287 g/mol. The normalized spacial score (nSPS) is 33.9. The molecule has 4 rings (SSSR count). The molecule has 1 aromatic rings. The molecule has 0 aliphatic carbocycles. The van der Waals surface area contributed by atoms with Gasteiger partial charge in [0.15, 0.2) is 0 Å². The number of piperazine rings is 1. The molecule has 114 valence electrons. The standard InChI is InChI=1S/C17H25N3O/c1-19-8-10-20(11-9-19)15-12-17(6-7-18-13-17)21-16-5-3-2-4-14(15)16/h2-5,15,18H,6-13H2,1H3. The van der Waals surface area contributed by atoms with Crippen LogP contribution < -0.4 is 10.1 Å². The van der Waals surface area contributed by atoms with E-state index in [0.29, 0.717) is 6.04 Å². The van der Waals surface area contributed by atoms with Gasteiger partial charge in [0.05, 0.1) is 0 Å². The van der Waals surface area contributed by atoms with Crippen LogP contribution in [-0.2, 0) is 0 Å². The van der Waals surface area contributed by atoms with E-state index in [9.17, 15) is 0 Å². The van der Waals surface area contributed by atoms with Crippen molar-refractivity contribution in [3.8, 4) is 5.75 Å². The summed E-state index contributed by atoms with van der Waals surface area (Å²) in [5, 5.41) is 3.49. The van der Waals surface area contributed by atoms with E-state index in [1.165, 1.54) is 31.7 Å². The first-order chi connectivity index (χ1) is 10.3. The lowest BCUT2D eigenvalue weighted by Gasteiger charge is -2.46. The summed E-state index contributed by atoms with van der Waals surface area (Å²) in [5.74, 6) is 1.11. The van der Waals surface area contributed by atoms with Gasteiger partial charge < -0.3 is 15.0 Å². The molecule has 2 unspecified atom stereocenters. The molecule has 3 aliphatic rings. The van der Waals surface area contributed by atoms with Crippen LogP contribution in [0.5, 0.6) is 5.75 Å². The van der Waals surface area contributed by atoms with Gasteiger partial charge in [-0.1, -0.05) is 18.2 Å². The van der Waals surface area contributed by atoms with Crippen LogP contribution >= 0.6 is 0 Å². The van der Waals surface area contributed by atoms with Gasteiger partial charge in [-0.25, -0.2) is 0 Å². The summed E-state index contributed by atoms with van der Waals surface area (Å²) < 4.78 is 6.42. The minimum Gasteiger partial charge on any atom is -0.485 e. The summed E-state index contributed by atoms with van der Waals surface area (Å²) in [6.07, 6.45) is 2.26. The van der Waals surface area contributed by atoms with Crippen molar-refractivity contribution in [2.24, 2.45) is 0 Å². The third-order valence-corrected chi connectivity index (χ3v) is 5.35. The fourth-order valence-electron chi connectivity index (χ4n) is 4.03. The Labute approximate surface area is 127 Å². The topological polar surface area (TPSA) is 27.7 Å². The van der Waals surface area contributed by atoms with Crippen molar-refractivity contribution in [1.82, 2.24) is 15.1 Å². The Balaban J connectivity index is 1.65. The van der Waals surface area contributed by atoms with Crippen molar-refractivity contribution in [3.63, 3.8) is 0 Å². The molecular formula is C17H25N3O. The molecule has 1 N–H and O–H groups in total. The van der Waals surface area contributed by atoms with E-state index >= 15 is 0 Å². The van der Waals surface area contributed by atoms with Gasteiger partial charge in [0.2, 0.25) is 0 Å². The number of nitrogens with zero attached hydrogens (tertiary/aromatic N) is 2. The third kappa shape index (κ3) is 2.45. The summed E-state index contributed by atoms with van der Waals surface area (Å²) in [4.78, 5) is 5.09. The minimum absolute atomic E-state index is 0.0162. The summed E-state index contributed by atoms with van der Waals surface area (Å²) in [7, 11) is 2.22. The number of ether oxygens (including phenoxy) is 1. The molecule has 0 radical (unpaired) electrons. The maximum atomic E-state index is 6.42. The Morgan fingerprint density at radius 3 is 2.76 bits per heavy atom. The zero-order valence-corrected chi connectivity index (χ0v) is 12.8. The Morgan fingerprint density at radius 2 is 2.00 bits per heavy atom. The fraction of sp³-hybridized carbons (Fsp3) is 0.647. The second kappa shape index (κ2) is 5.27. The predicted octanol–water partition coefficient (Wildman–Crippen LogP) is 1.49. The molecule has 21 heavy (non-hydrogen) atoms. The highest BCUT2D eigenvalue weighted by atomic mass is 16.5. The Morgan fingerprint density at radius 1 is 1.19 bits per heavy atom. The van der Waals surface area contributed by atoms with Crippen LogP contribution in [0.25, 0.3) is 0 Å². The summed E-state index contributed by atoms with van der Waals surface area (Å²) in [6, 6.07) is 9.17. The molecule has 0 aromatic heterocycles. The molecule has 0 bridgehead atoms. The predicted molar refractivity (Wildman–Crippen MR) is 83.7 cm³/mol. The van der Waals surface area contributed by atoms with Crippen LogP contribution in [-0.4, -0.2) is 61.7 Å². The SMILES string of the molecule is CN1CCN(C2CC3(CCNC3)Oc3ccccc32)CC1. The van der Waals surface area contributed by atoms with Gasteiger partial charge in [-0.3, -0.25) is 4.90 Å². The fourth-order valence-corrected chi connectivity index (χ4v) is 4.03. The number of para-hydroxylation sites is 1. The van der Waals surface area contributed by atoms with Gasteiger partial charge in [-0.05, 0) is 19.7 Å². The van der Waals surface area contributed by atoms with E-state index in [1.807, 2.05) is 0 Å². The van der Waals surface area contributed by atoms with E-state index in [2.05, 4.69) is 46.4 Å². The first kappa shape index (κ1) is 13.6. The molecule has 1 spiro atoms. The van der Waals surface area contributed by atoms with Gasteiger partial charge in [0, 0.05) is 57.2 Å². The zero-order valence-electron chi connectivity index (χ0n) is 12.8. The third-order valence-electron chi connectivity index (χ3n) is 5.35. The molecule has 2 saturated heterocycles. The number of rotatable bonds is 1. The van der Waals surface area contributed by atoms with E-state index in [-0.39, 0.29) is 5.60 Å². The van der Waals surface area contributed by atoms with Crippen molar-refractivity contribution in [3.05, 3.63) is 29.8 Å². The Hall–Kier alpha value is -1.10. The summed E-state index contributed by atoms with van der Waals surface area (Å²) in [5.41, 5.74) is 1.40. The van der Waals surface area contributed by atoms with E-state index in [1.54, 1.807) is 0 Å². The highest BCUT2D eigenvalue weighted by Crippen LogP contribution is 2.44. The van der Waals surface area contributed by atoms with E-state index in [4.69, 9.17) is 4.74 Å². The van der Waals surface area contributed by atoms with Gasteiger partial charge in [0.25, 0.3) is 0 Å². The van der Waals surface area contributed by atoms with Gasteiger partial charge in [0.1, 0.15) is 11.4 Å². The molecule has 3 aliphatic heterocycles. The van der Waals surface area contributed by atoms with Crippen molar-refractivity contribution in [2.45, 2.75) is 24.5 Å². The van der Waals surface area contributed by atoms with E-state index in [0.717, 1.165) is 31.7 Å². The highest BCUT2D eigenvalue weighted by Gasteiger charge is 2.44. The minimum atomic E-state index is 0.0162. The number of likely N-dealkylation sites (N-methyl/N-ethyl adjacent to an activating group) is 1. The number of benzene rings is 1. The number of nitrogens with one attached hydrogen (secondary N) is 1. The van der Waals surface area contributed by atoms with E-state index < -0.39 is 0 Å². The van der Waals surface area contributed by atoms with Crippen LogP contribution in [0, 0.1) is 0 Å². The summed E-state index contributed by atoms with van der Waals surface area (Å²) in [6.45, 7) is 6.75. The summed E-state index contributed by atoms with van der Waals surface area (Å²) >= 11 is 0. The second-order valence-corrected chi connectivity index (χ2v) is 6.81. The lowest BCUT2D eigenvalue weighted by Crippen LogP contribution is -2.51. The Kier molecular flexibility index (Phi) is 3.40. The molecular weight excluding hydrogens is 262 g/mol. The number of hydrogen-bond acceptors (Lipinski definition) is 4. The first-order valence-corrected chi connectivity index (χ1v) is 8.17. The molecule has 2 fully saturated rings. The van der Waals surface area contributed by atoms with Gasteiger partial charge in [-0.15, -0.1) is 0 Å². The van der Waals surface area contributed by atoms with Gasteiger partial charge >= 0.3 is 0 Å². The monoisotopic (exact) mass is 287 g/mol. The van der Waals surface area contributed by atoms with Crippen LogP contribution in [0.3, 0.4) is 0 Å². The van der Waals surface area contributed by atoms with Crippen molar-refractivity contribution in [2.75, 3.05) is 46.3 Å². The molecule has 3 heterocycles. The molecule has 1 aromatic carbocycles. The van der Waals surface area contributed by atoms with Crippen molar-refractivity contribution in [1.29, 1.82) is 0 Å². The van der Waals surface area contributed by atoms with Crippen LogP contribution in [0.1, 0.15) is 24.4 Å². The van der Waals surface area contributed by atoms with Crippen molar-refractivity contribution < 1.29 is 4.74 Å². The van der Waals surface area contributed by atoms with Crippen LogP contribution in [0.2, 0.25) is 0 Å². The Bertz CT molecular complexity index is 505. The number of fused-ring (bicyclic) bond motifs is 1. The van der Waals surface area contributed by atoms with Gasteiger partial charge in [-0.2, -0.15) is 0 Å². The largest absolute Gasteiger partial charge is 0.485 e. The molecule has 4 nitrogen and oxygen atoms in total. The van der Waals surface area contributed by atoms with Crippen LogP contribution in [0.4, 0.5) is 0 Å². The quantitative estimate of drug-likeness (QED) is 0.847. The molecule has 0 saturated carbocycles. The average Bonchev–Trinajstić information content (AvgIpc) is 2.95. The second-order valence-electron chi connectivity index (χ2n) is 6.81. The smallest absolute Gasteiger partial charge is 0.125 e. The molecule has 0 amide bonds.